The summed E-state index contributed by atoms with van der Waals surface area (Å²) in [6.07, 6.45) is 6.80. The van der Waals surface area contributed by atoms with Gasteiger partial charge in [0.05, 0.1) is 5.91 Å². The third kappa shape index (κ3) is 6.47. The van der Waals surface area contributed by atoms with Gasteiger partial charge in [-0.05, 0) is 12.5 Å². The van der Waals surface area contributed by atoms with Gasteiger partial charge in [-0.25, -0.2) is 0 Å². The van der Waals surface area contributed by atoms with Crippen LogP contribution >= 0.6 is 0 Å². The van der Waals surface area contributed by atoms with E-state index in [1.807, 2.05) is 43.3 Å². The molecule has 0 bridgehead atoms. The molecule has 1 amide bonds. The second-order valence-electron chi connectivity index (χ2n) is 3.46. The minimum absolute atomic E-state index is 0. The fraction of sp³-hybridized carbons (Fsp3) is 0.133. The quantitative estimate of drug-likeness (QED) is 0.440. The Labute approximate surface area is 151 Å². The first-order valence-corrected chi connectivity index (χ1v) is 5.49. The molecule has 3 heteroatoms. The first-order chi connectivity index (χ1) is 8.27. The minimum atomic E-state index is -0.216. The molecule has 18 heavy (non-hydrogen) atoms. The predicted octanol–water partition coefficient (Wildman–Crippen LogP) is 0.779. The van der Waals surface area contributed by atoms with Gasteiger partial charge in [0.25, 0.3) is 0 Å². The van der Waals surface area contributed by atoms with E-state index >= 15 is 0 Å². The third-order valence-electron chi connectivity index (χ3n) is 2.14. The molecule has 0 N–H and O–H groups in total. The zero-order valence-electron chi connectivity index (χ0n) is 11.0. The zero-order valence-corrected chi connectivity index (χ0v) is 14.1. The smallest absolute Gasteiger partial charge is 0.646 e. The summed E-state index contributed by atoms with van der Waals surface area (Å²) in [7, 11) is 0. The Morgan fingerprint density at radius 2 is 2.00 bits per heavy atom. The van der Waals surface area contributed by atoms with Crippen molar-refractivity contribution in [2.75, 3.05) is 0 Å². The number of amides is 1. The van der Waals surface area contributed by atoms with Crippen LogP contribution in [0.3, 0.4) is 0 Å². The Morgan fingerprint density at radius 1 is 1.33 bits per heavy atom. The largest absolute Gasteiger partial charge is 1.00 e. The molecule has 2 nitrogen and oxygen atoms in total. The molecule has 0 unspecified atom stereocenters. The van der Waals surface area contributed by atoms with Crippen molar-refractivity contribution in [3.63, 3.8) is 0 Å². The zero-order chi connectivity index (χ0) is 12.5. The van der Waals surface area contributed by atoms with Crippen LogP contribution in [0.15, 0.2) is 66.8 Å². The van der Waals surface area contributed by atoms with Gasteiger partial charge in [0.15, 0.2) is 0 Å². The number of rotatable bonds is 5. The van der Waals surface area contributed by atoms with Crippen molar-refractivity contribution >= 4 is 5.91 Å². The fourth-order valence-electron chi connectivity index (χ4n) is 1.34. The van der Waals surface area contributed by atoms with Gasteiger partial charge in [-0.1, -0.05) is 66.8 Å². The van der Waals surface area contributed by atoms with Gasteiger partial charge in [-0.2, -0.15) is 0 Å². The van der Waals surface area contributed by atoms with Crippen LogP contribution in [0.2, 0.25) is 0 Å². The minimum Gasteiger partial charge on any atom is -0.646 e. The summed E-state index contributed by atoms with van der Waals surface area (Å²) in [6, 6.07) is 9.70. The molecule has 0 saturated heterocycles. The summed E-state index contributed by atoms with van der Waals surface area (Å²) < 4.78 is 0. The van der Waals surface area contributed by atoms with E-state index in [2.05, 4.69) is 11.9 Å². The summed E-state index contributed by atoms with van der Waals surface area (Å²) in [4.78, 5) is 11.8. The van der Waals surface area contributed by atoms with E-state index < -0.39 is 0 Å². The van der Waals surface area contributed by atoms with Crippen LogP contribution in [0.1, 0.15) is 12.5 Å². The van der Waals surface area contributed by atoms with Gasteiger partial charge in [-0.3, -0.25) is 0 Å². The van der Waals surface area contributed by atoms with E-state index in [1.54, 1.807) is 18.2 Å². The molecule has 0 radical (unpaired) electrons. The van der Waals surface area contributed by atoms with Gasteiger partial charge in [0.2, 0.25) is 0 Å². The molecule has 0 heterocycles. The molecule has 0 aliphatic carbocycles. The molecule has 0 saturated carbocycles. The average molecular weight is 265 g/mol. The van der Waals surface area contributed by atoms with Crippen LogP contribution in [0.5, 0.6) is 0 Å². The van der Waals surface area contributed by atoms with E-state index in [0.717, 1.165) is 5.56 Å². The van der Waals surface area contributed by atoms with Gasteiger partial charge in [0, 0.05) is 0 Å². The van der Waals surface area contributed by atoms with Gasteiger partial charge in [-0.15, -0.1) is 6.54 Å². The van der Waals surface area contributed by atoms with Crippen LogP contribution in [0, 0.1) is 0 Å². The number of nitrogens with zero attached hydrogens (tertiary/aromatic N) is 1. The van der Waals surface area contributed by atoms with Gasteiger partial charge >= 0.3 is 51.4 Å². The summed E-state index contributed by atoms with van der Waals surface area (Å²) in [5.74, 6) is -0.216. The van der Waals surface area contributed by atoms with Crippen molar-refractivity contribution in [1.82, 2.24) is 0 Å². The molecule has 1 aromatic rings. The molecular formula is C15H16KNO. The van der Waals surface area contributed by atoms with E-state index in [4.69, 9.17) is 0 Å². The average Bonchev–Trinajstić information content (AvgIpc) is 2.37. The second kappa shape index (κ2) is 10.5. The van der Waals surface area contributed by atoms with Crippen LogP contribution in [0.4, 0.5) is 0 Å². The Bertz CT molecular complexity index is 435. The van der Waals surface area contributed by atoms with Gasteiger partial charge < -0.3 is 10.1 Å². The first-order valence-electron chi connectivity index (χ1n) is 5.49. The maximum atomic E-state index is 11.8. The summed E-state index contributed by atoms with van der Waals surface area (Å²) in [5, 5.41) is 4.03. The Balaban J connectivity index is 0.00000289. The molecule has 1 rings (SSSR count). The number of hydrogen-bond acceptors (Lipinski definition) is 1. The number of hydrogen-bond donors (Lipinski definition) is 0. The fourth-order valence-corrected chi connectivity index (χ4v) is 1.34. The number of carbonyl (C=O) groups excluding carboxylic acids is 1. The maximum absolute atomic E-state index is 11.8. The van der Waals surface area contributed by atoms with Gasteiger partial charge in [0.1, 0.15) is 0 Å². The van der Waals surface area contributed by atoms with Crippen molar-refractivity contribution in [1.29, 1.82) is 0 Å². The summed E-state index contributed by atoms with van der Waals surface area (Å²) >= 11 is 0. The van der Waals surface area contributed by atoms with E-state index in [1.165, 1.54) is 0 Å². The molecular weight excluding hydrogens is 249 g/mol. The molecule has 0 aromatic heterocycles. The van der Waals surface area contributed by atoms with Crippen LogP contribution in [-0.4, -0.2) is 5.91 Å². The molecule has 0 fully saturated rings. The van der Waals surface area contributed by atoms with Crippen molar-refractivity contribution in [3.8, 4) is 0 Å². The number of allylic oxidation sites excluding steroid dienone is 3. The standard InChI is InChI=1S/C15H17NO.K/c1-3-8-14(9-4-2)15(17)16-12-13-10-6-5-7-11-13;/h3-11H,1,12H2,2H3,(H,16,17);/q;+1/p-1/b9-4-,14-8+;. The molecule has 88 valence electrons. The SMILES string of the molecule is C=C/C=C(\C=C/C)C(=O)[N-]Cc1ccccc1.[K+]. The molecule has 1 aromatic carbocycles. The monoisotopic (exact) mass is 265 g/mol. The molecule has 0 aliphatic rings. The predicted molar refractivity (Wildman–Crippen MR) is 71.6 cm³/mol. The molecule has 0 atom stereocenters. The van der Waals surface area contributed by atoms with E-state index in [0.29, 0.717) is 12.1 Å². The maximum Gasteiger partial charge on any atom is 1.00 e. The van der Waals surface area contributed by atoms with Crippen molar-refractivity contribution in [2.24, 2.45) is 0 Å². The van der Waals surface area contributed by atoms with Crippen molar-refractivity contribution in [2.45, 2.75) is 13.5 Å². The molecule has 0 spiro atoms. The number of carbonyl (C=O) groups is 1. The molecule has 0 aliphatic heterocycles. The van der Waals surface area contributed by atoms with Crippen molar-refractivity contribution < 1.29 is 56.2 Å². The third-order valence-corrected chi connectivity index (χ3v) is 2.14. The van der Waals surface area contributed by atoms with Crippen LogP contribution in [0.25, 0.3) is 5.32 Å². The second-order valence-corrected chi connectivity index (χ2v) is 3.46. The Morgan fingerprint density at radius 3 is 2.56 bits per heavy atom. The Kier molecular flexibility index (Phi) is 10.2. The Hall–Kier alpha value is -0.454. The van der Waals surface area contributed by atoms with Crippen molar-refractivity contribution in [3.05, 3.63) is 77.7 Å². The van der Waals surface area contributed by atoms with Crippen LogP contribution < -0.4 is 51.4 Å². The topological polar surface area (TPSA) is 31.2 Å². The summed E-state index contributed by atoms with van der Waals surface area (Å²) in [5.41, 5.74) is 1.58. The first kappa shape index (κ1) is 17.5. The number of benzene rings is 1. The van der Waals surface area contributed by atoms with E-state index in [9.17, 15) is 4.79 Å². The normalized spacial score (nSPS) is 10.8. The van der Waals surface area contributed by atoms with E-state index in [-0.39, 0.29) is 57.3 Å². The summed E-state index contributed by atoms with van der Waals surface area (Å²) in [6.45, 7) is 5.85. The van der Waals surface area contributed by atoms with Crippen LogP contribution in [-0.2, 0) is 11.3 Å².